The van der Waals surface area contributed by atoms with Crippen molar-refractivity contribution in [2.24, 2.45) is 5.41 Å². The molecule has 0 spiro atoms. The van der Waals surface area contributed by atoms with E-state index in [1.165, 1.54) is 25.7 Å². The van der Waals surface area contributed by atoms with Gasteiger partial charge < -0.3 is 14.8 Å². The molecule has 1 aromatic rings. The maximum atomic E-state index is 5.40. The summed E-state index contributed by atoms with van der Waals surface area (Å²) in [6.07, 6.45) is 5.44. The molecule has 1 saturated carbocycles. The maximum Gasteiger partial charge on any atom is 0.123 e. The standard InChI is InChI=1S/C16H25NO2/c1-16(8-4-5-9-16)12-17-11-13-10-14(18-2)6-7-15(13)19-3/h6-7,10,17H,4-5,8-9,11-12H2,1-3H3. The van der Waals surface area contributed by atoms with E-state index in [1.807, 2.05) is 18.2 Å². The lowest BCUT2D eigenvalue weighted by Gasteiger charge is -2.24. The summed E-state index contributed by atoms with van der Waals surface area (Å²) >= 11 is 0. The Hall–Kier alpha value is -1.22. The smallest absolute Gasteiger partial charge is 0.123 e. The van der Waals surface area contributed by atoms with Gasteiger partial charge in [0.1, 0.15) is 11.5 Å². The van der Waals surface area contributed by atoms with Gasteiger partial charge in [0.05, 0.1) is 14.2 Å². The molecule has 0 atom stereocenters. The first-order chi connectivity index (χ1) is 9.17. The molecule has 3 nitrogen and oxygen atoms in total. The Morgan fingerprint density at radius 3 is 2.53 bits per heavy atom. The van der Waals surface area contributed by atoms with Crippen LogP contribution in [-0.4, -0.2) is 20.8 Å². The Morgan fingerprint density at radius 1 is 1.16 bits per heavy atom. The molecule has 3 heteroatoms. The van der Waals surface area contributed by atoms with Crippen LogP contribution in [-0.2, 0) is 6.54 Å². The van der Waals surface area contributed by atoms with Gasteiger partial charge in [0.2, 0.25) is 0 Å². The molecular formula is C16H25NO2. The molecule has 0 radical (unpaired) electrons. The van der Waals surface area contributed by atoms with Crippen molar-refractivity contribution in [1.82, 2.24) is 5.32 Å². The van der Waals surface area contributed by atoms with E-state index in [0.29, 0.717) is 5.41 Å². The fourth-order valence-electron chi connectivity index (χ4n) is 2.92. The minimum Gasteiger partial charge on any atom is -0.497 e. The molecule has 106 valence electrons. The first-order valence-electron chi connectivity index (χ1n) is 7.08. The number of benzene rings is 1. The third kappa shape index (κ3) is 3.63. The Labute approximate surface area is 116 Å². The van der Waals surface area contributed by atoms with Gasteiger partial charge in [-0.3, -0.25) is 0 Å². The van der Waals surface area contributed by atoms with Gasteiger partial charge in [-0.1, -0.05) is 19.8 Å². The summed E-state index contributed by atoms with van der Waals surface area (Å²) in [5.41, 5.74) is 1.63. The normalized spacial score (nSPS) is 17.4. The first kappa shape index (κ1) is 14.2. The van der Waals surface area contributed by atoms with E-state index in [4.69, 9.17) is 9.47 Å². The van der Waals surface area contributed by atoms with Gasteiger partial charge in [-0.25, -0.2) is 0 Å². The highest BCUT2D eigenvalue weighted by Crippen LogP contribution is 2.36. The van der Waals surface area contributed by atoms with Gasteiger partial charge in [0, 0.05) is 18.7 Å². The minimum absolute atomic E-state index is 0.478. The van der Waals surface area contributed by atoms with Crippen LogP contribution in [0.3, 0.4) is 0 Å². The van der Waals surface area contributed by atoms with Crippen LogP contribution in [0.4, 0.5) is 0 Å². The van der Waals surface area contributed by atoms with Crippen molar-refractivity contribution < 1.29 is 9.47 Å². The zero-order chi connectivity index (χ0) is 13.7. The molecule has 0 saturated heterocycles. The fourth-order valence-corrected chi connectivity index (χ4v) is 2.92. The summed E-state index contributed by atoms with van der Waals surface area (Å²) in [4.78, 5) is 0. The lowest BCUT2D eigenvalue weighted by molar-refractivity contribution is 0.313. The van der Waals surface area contributed by atoms with Crippen molar-refractivity contribution in [2.75, 3.05) is 20.8 Å². The van der Waals surface area contributed by atoms with E-state index in [1.54, 1.807) is 14.2 Å². The lowest BCUT2D eigenvalue weighted by Crippen LogP contribution is -2.29. The fraction of sp³-hybridized carbons (Fsp3) is 0.625. The number of hydrogen-bond acceptors (Lipinski definition) is 3. The Morgan fingerprint density at radius 2 is 1.89 bits per heavy atom. The first-order valence-corrected chi connectivity index (χ1v) is 7.08. The molecule has 1 aliphatic rings. The molecule has 0 aromatic heterocycles. The van der Waals surface area contributed by atoms with Gasteiger partial charge in [-0.2, -0.15) is 0 Å². The largest absolute Gasteiger partial charge is 0.497 e. The number of rotatable bonds is 6. The molecule has 0 heterocycles. The second kappa shape index (κ2) is 6.29. The molecule has 19 heavy (non-hydrogen) atoms. The van der Waals surface area contributed by atoms with Crippen LogP contribution in [0.1, 0.15) is 38.2 Å². The van der Waals surface area contributed by atoms with Gasteiger partial charge >= 0.3 is 0 Å². The molecule has 1 aliphatic carbocycles. The monoisotopic (exact) mass is 263 g/mol. The van der Waals surface area contributed by atoms with Gasteiger partial charge in [0.25, 0.3) is 0 Å². The molecule has 1 N–H and O–H groups in total. The predicted octanol–water partition coefficient (Wildman–Crippen LogP) is 3.37. The number of ether oxygens (including phenoxy) is 2. The summed E-state index contributed by atoms with van der Waals surface area (Å²) in [7, 11) is 3.40. The number of methoxy groups -OCH3 is 2. The van der Waals surface area contributed by atoms with Crippen molar-refractivity contribution in [3.05, 3.63) is 23.8 Å². The van der Waals surface area contributed by atoms with Crippen LogP contribution in [0.2, 0.25) is 0 Å². The minimum atomic E-state index is 0.478. The lowest BCUT2D eigenvalue weighted by atomic mass is 9.89. The predicted molar refractivity (Wildman–Crippen MR) is 77.8 cm³/mol. The molecule has 0 aliphatic heterocycles. The van der Waals surface area contributed by atoms with Crippen molar-refractivity contribution in [1.29, 1.82) is 0 Å². The van der Waals surface area contributed by atoms with Crippen molar-refractivity contribution >= 4 is 0 Å². The van der Waals surface area contributed by atoms with Crippen molar-refractivity contribution in [3.8, 4) is 11.5 Å². The highest BCUT2D eigenvalue weighted by molar-refractivity contribution is 5.40. The van der Waals surface area contributed by atoms with E-state index in [9.17, 15) is 0 Å². The summed E-state index contributed by atoms with van der Waals surface area (Å²) < 4.78 is 10.7. The van der Waals surface area contributed by atoms with Crippen molar-refractivity contribution in [2.45, 2.75) is 39.2 Å². The van der Waals surface area contributed by atoms with Crippen LogP contribution < -0.4 is 14.8 Å². The third-order valence-electron chi connectivity index (χ3n) is 4.17. The maximum absolute atomic E-state index is 5.40. The molecule has 0 unspecified atom stereocenters. The molecular weight excluding hydrogens is 238 g/mol. The Kier molecular flexibility index (Phi) is 4.70. The zero-order valence-corrected chi connectivity index (χ0v) is 12.3. The third-order valence-corrected chi connectivity index (χ3v) is 4.17. The molecule has 2 rings (SSSR count). The average molecular weight is 263 g/mol. The number of hydrogen-bond donors (Lipinski definition) is 1. The Balaban J connectivity index is 1.94. The van der Waals surface area contributed by atoms with Gasteiger partial charge in [-0.05, 0) is 36.5 Å². The average Bonchev–Trinajstić information content (AvgIpc) is 2.85. The summed E-state index contributed by atoms with van der Waals surface area (Å²) in [5, 5.41) is 3.57. The molecule has 0 bridgehead atoms. The van der Waals surface area contributed by atoms with Crippen LogP contribution in [0.15, 0.2) is 18.2 Å². The van der Waals surface area contributed by atoms with E-state index in [2.05, 4.69) is 12.2 Å². The second-order valence-corrected chi connectivity index (χ2v) is 5.80. The van der Waals surface area contributed by atoms with E-state index in [0.717, 1.165) is 30.2 Å². The second-order valence-electron chi connectivity index (χ2n) is 5.80. The highest BCUT2D eigenvalue weighted by Gasteiger charge is 2.27. The molecule has 1 aromatic carbocycles. The Bertz CT molecular complexity index is 411. The van der Waals surface area contributed by atoms with E-state index >= 15 is 0 Å². The molecule has 1 fully saturated rings. The topological polar surface area (TPSA) is 30.5 Å². The van der Waals surface area contributed by atoms with Crippen LogP contribution in [0.25, 0.3) is 0 Å². The SMILES string of the molecule is COc1ccc(OC)c(CNCC2(C)CCCC2)c1. The van der Waals surface area contributed by atoms with Gasteiger partial charge in [0.15, 0.2) is 0 Å². The van der Waals surface area contributed by atoms with E-state index < -0.39 is 0 Å². The quantitative estimate of drug-likeness (QED) is 0.853. The summed E-state index contributed by atoms with van der Waals surface area (Å²) in [6.45, 7) is 4.29. The van der Waals surface area contributed by atoms with Crippen LogP contribution >= 0.6 is 0 Å². The summed E-state index contributed by atoms with van der Waals surface area (Å²) in [6, 6.07) is 5.94. The highest BCUT2D eigenvalue weighted by atomic mass is 16.5. The zero-order valence-electron chi connectivity index (χ0n) is 12.3. The summed E-state index contributed by atoms with van der Waals surface area (Å²) in [5.74, 6) is 1.80. The van der Waals surface area contributed by atoms with Gasteiger partial charge in [-0.15, -0.1) is 0 Å². The molecule has 0 amide bonds. The van der Waals surface area contributed by atoms with Crippen molar-refractivity contribution in [3.63, 3.8) is 0 Å². The van der Waals surface area contributed by atoms with Crippen LogP contribution in [0.5, 0.6) is 11.5 Å². The van der Waals surface area contributed by atoms with Crippen LogP contribution in [0, 0.1) is 5.41 Å². The number of nitrogens with one attached hydrogen (secondary N) is 1. The van der Waals surface area contributed by atoms with E-state index in [-0.39, 0.29) is 0 Å².